The Bertz CT molecular complexity index is 1220. The van der Waals surface area contributed by atoms with E-state index in [0.29, 0.717) is 22.1 Å². The second-order valence-corrected chi connectivity index (χ2v) is 11.3. The summed E-state index contributed by atoms with van der Waals surface area (Å²) in [4.78, 5) is 0.198. The predicted molar refractivity (Wildman–Crippen MR) is 128 cm³/mol. The first-order valence-corrected chi connectivity index (χ1v) is 12.5. The molecule has 0 bridgehead atoms. The van der Waals surface area contributed by atoms with Crippen molar-refractivity contribution in [1.29, 1.82) is 0 Å². The van der Waals surface area contributed by atoms with Gasteiger partial charge in [0.15, 0.2) is 5.82 Å². The quantitative estimate of drug-likeness (QED) is 0.567. The van der Waals surface area contributed by atoms with Crippen LogP contribution in [0.25, 0.3) is 11.4 Å². The maximum absolute atomic E-state index is 13.2. The maximum Gasteiger partial charge on any atom is 0.261 e. The van der Waals surface area contributed by atoms with E-state index in [1.54, 1.807) is 30.3 Å². The monoisotopic (exact) mass is 473 g/mol. The molecular weight excluding hydrogens is 446 g/mol. The van der Waals surface area contributed by atoms with E-state index in [-0.39, 0.29) is 16.4 Å². The molecule has 1 aliphatic rings. The summed E-state index contributed by atoms with van der Waals surface area (Å²) in [5.74, 6) is 1.37. The maximum atomic E-state index is 13.2. The molecule has 32 heavy (non-hydrogen) atoms. The number of anilines is 1. The van der Waals surface area contributed by atoms with Gasteiger partial charge in [-0.3, -0.25) is 4.72 Å². The molecule has 0 spiro atoms. The van der Waals surface area contributed by atoms with Gasteiger partial charge < -0.3 is 9.88 Å². The largest absolute Gasteiger partial charge is 0.315 e. The van der Waals surface area contributed by atoms with Crippen LogP contribution < -0.4 is 10.0 Å². The van der Waals surface area contributed by atoms with Gasteiger partial charge >= 0.3 is 0 Å². The lowest BCUT2D eigenvalue weighted by Gasteiger charge is -2.20. The Morgan fingerprint density at radius 2 is 1.84 bits per heavy atom. The van der Waals surface area contributed by atoms with Crippen LogP contribution in [-0.2, 0) is 15.4 Å². The third-order valence-electron chi connectivity index (χ3n) is 5.76. The lowest BCUT2D eigenvalue weighted by molar-refractivity contribution is 0.537. The van der Waals surface area contributed by atoms with Crippen LogP contribution in [0.2, 0.25) is 5.02 Å². The fraction of sp³-hybridized carbons (Fsp3) is 0.391. The highest BCUT2D eigenvalue weighted by molar-refractivity contribution is 7.92. The Labute approximate surface area is 194 Å². The van der Waals surface area contributed by atoms with Crippen molar-refractivity contribution < 1.29 is 8.42 Å². The molecule has 0 amide bonds. The molecule has 7 nitrogen and oxygen atoms in total. The third-order valence-corrected chi connectivity index (χ3v) is 7.38. The molecule has 1 aliphatic heterocycles. The van der Waals surface area contributed by atoms with E-state index < -0.39 is 10.0 Å². The second-order valence-electron chi connectivity index (χ2n) is 9.16. The van der Waals surface area contributed by atoms with E-state index in [2.05, 4.69) is 45.6 Å². The van der Waals surface area contributed by atoms with Crippen LogP contribution >= 0.6 is 11.6 Å². The second kappa shape index (κ2) is 8.50. The summed E-state index contributed by atoms with van der Waals surface area (Å²) in [6.07, 6.45) is 0.952. The molecule has 2 N–H and O–H groups in total. The topological polar surface area (TPSA) is 88.9 Å². The van der Waals surface area contributed by atoms with Crippen LogP contribution in [0.1, 0.15) is 44.6 Å². The first-order valence-electron chi connectivity index (χ1n) is 10.6. The van der Waals surface area contributed by atoms with Crippen molar-refractivity contribution in [2.45, 2.75) is 50.5 Å². The molecule has 1 fully saturated rings. The summed E-state index contributed by atoms with van der Waals surface area (Å²) in [5, 5.41) is 12.5. The molecule has 0 radical (unpaired) electrons. The first-order chi connectivity index (χ1) is 15.1. The first kappa shape index (κ1) is 22.8. The van der Waals surface area contributed by atoms with E-state index in [1.807, 2.05) is 19.1 Å². The van der Waals surface area contributed by atoms with Crippen molar-refractivity contribution >= 4 is 27.3 Å². The van der Waals surface area contributed by atoms with Crippen molar-refractivity contribution in [1.82, 2.24) is 20.1 Å². The zero-order valence-electron chi connectivity index (χ0n) is 18.7. The summed E-state index contributed by atoms with van der Waals surface area (Å²) >= 11 is 6.29. The average molecular weight is 474 g/mol. The van der Waals surface area contributed by atoms with Crippen molar-refractivity contribution in [2.24, 2.45) is 0 Å². The Morgan fingerprint density at radius 1 is 1.12 bits per heavy atom. The molecule has 1 saturated heterocycles. The molecule has 3 aromatic rings. The van der Waals surface area contributed by atoms with E-state index in [1.165, 1.54) is 0 Å². The van der Waals surface area contributed by atoms with Crippen molar-refractivity contribution in [2.75, 3.05) is 17.8 Å². The molecule has 9 heteroatoms. The number of nitrogens with one attached hydrogen (secondary N) is 2. The van der Waals surface area contributed by atoms with Crippen LogP contribution in [0, 0.1) is 6.92 Å². The van der Waals surface area contributed by atoms with E-state index in [4.69, 9.17) is 11.6 Å². The van der Waals surface area contributed by atoms with Gasteiger partial charge in [-0.15, -0.1) is 10.2 Å². The fourth-order valence-electron chi connectivity index (χ4n) is 3.98. The van der Waals surface area contributed by atoms with Gasteiger partial charge in [0.25, 0.3) is 10.0 Å². The van der Waals surface area contributed by atoms with Crippen molar-refractivity contribution in [3.63, 3.8) is 0 Å². The fourth-order valence-corrected chi connectivity index (χ4v) is 5.23. The lowest BCUT2D eigenvalue weighted by atomic mass is 9.87. The number of benzene rings is 2. The molecule has 0 aliphatic carbocycles. The van der Waals surface area contributed by atoms with Gasteiger partial charge in [0.2, 0.25) is 0 Å². The number of aryl methyl sites for hydroxylation is 1. The summed E-state index contributed by atoms with van der Waals surface area (Å²) in [6, 6.07) is 12.2. The molecule has 2 heterocycles. The van der Waals surface area contributed by atoms with Crippen LogP contribution in [0.4, 0.5) is 5.69 Å². The number of hydrogen-bond donors (Lipinski definition) is 2. The van der Waals surface area contributed by atoms with Gasteiger partial charge in [-0.1, -0.05) is 44.5 Å². The minimum atomic E-state index is -3.81. The highest BCUT2D eigenvalue weighted by atomic mass is 35.5. The van der Waals surface area contributed by atoms with Crippen molar-refractivity contribution in [3.05, 3.63) is 58.9 Å². The van der Waals surface area contributed by atoms with Gasteiger partial charge in [0.05, 0.1) is 16.6 Å². The standard InChI is InChI=1S/C23H28ClN5O2S/c1-15-26-27-22(29(15)18-11-12-25-14-18)20-13-17(24)7-10-21(20)28-32(30,31)19-8-5-16(6-9-19)23(2,3)4/h5-10,13,18,25,28H,11-12,14H2,1-4H3. The summed E-state index contributed by atoms with van der Waals surface area (Å²) in [6.45, 7) is 9.90. The minimum Gasteiger partial charge on any atom is -0.315 e. The lowest BCUT2D eigenvalue weighted by Crippen LogP contribution is -2.17. The molecule has 170 valence electrons. The van der Waals surface area contributed by atoms with Crippen LogP contribution in [0.3, 0.4) is 0 Å². The normalized spacial score (nSPS) is 17.0. The smallest absolute Gasteiger partial charge is 0.261 e. The van der Waals surface area contributed by atoms with Gasteiger partial charge in [-0.25, -0.2) is 8.42 Å². The molecule has 1 aromatic heterocycles. The third kappa shape index (κ3) is 4.53. The Kier molecular flexibility index (Phi) is 6.04. The Balaban J connectivity index is 1.72. The Hall–Kier alpha value is -2.42. The van der Waals surface area contributed by atoms with Crippen LogP contribution in [0.5, 0.6) is 0 Å². The number of nitrogens with zero attached hydrogens (tertiary/aromatic N) is 3. The van der Waals surface area contributed by atoms with Gasteiger partial charge in [0, 0.05) is 17.1 Å². The zero-order valence-corrected chi connectivity index (χ0v) is 20.3. The highest BCUT2D eigenvalue weighted by Crippen LogP contribution is 2.34. The predicted octanol–water partition coefficient (Wildman–Crippen LogP) is 4.54. The van der Waals surface area contributed by atoms with Gasteiger partial charge in [0.1, 0.15) is 5.82 Å². The van der Waals surface area contributed by atoms with Crippen LogP contribution in [-0.4, -0.2) is 36.3 Å². The van der Waals surface area contributed by atoms with E-state index in [9.17, 15) is 8.42 Å². The number of halogens is 1. The van der Waals surface area contributed by atoms with Crippen LogP contribution in [0.15, 0.2) is 47.4 Å². The number of aromatic nitrogens is 3. The number of hydrogen-bond acceptors (Lipinski definition) is 5. The highest BCUT2D eigenvalue weighted by Gasteiger charge is 2.26. The number of rotatable bonds is 5. The Morgan fingerprint density at radius 3 is 2.47 bits per heavy atom. The molecule has 1 atom stereocenters. The van der Waals surface area contributed by atoms with Gasteiger partial charge in [-0.05, 0) is 61.2 Å². The molecular formula is C23H28ClN5O2S. The summed E-state index contributed by atoms with van der Waals surface area (Å²) < 4.78 is 31.1. The minimum absolute atomic E-state index is 0.0594. The van der Waals surface area contributed by atoms with E-state index >= 15 is 0 Å². The molecule has 1 unspecified atom stereocenters. The molecule has 2 aromatic carbocycles. The average Bonchev–Trinajstić information content (AvgIpc) is 3.38. The zero-order chi connectivity index (χ0) is 23.1. The summed E-state index contributed by atoms with van der Waals surface area (Å²) in [5.41, 5.74) is 2.02. The molecule has 4 rings (SSSR count). The van der Waals surface area contributed by atoms with Crippen molar-refractivity contribution in [3.8, 4) is 11.4 Å². The number of sulfonamides is 1. The summed E-state index contributed by atoms with van der Waals surface area (Å²) in [7, 11) is -3.81. The van der Waals surface area contributed by atoms with E-state index in [0.717, 1.165) is 30.9 Å². The van der Waals surface area contributed by atoms with Gasteiger partial charge in [-0.2, -0.15) is 0 Å². The SMILES string of the molecule is Cc1nnc(-c2cc(Cl)ccc2NS(=O)(=O)c2ccc(C(C)(C)C)cc2)n1C1CCNC1. The molecule has 0 saturated carbocycles.